The molecule has 0 radical (unpaired) electrons. The van der Waals surface area contributed by atoms with E-state index in [-0.39, 0.29) is 0 Å². The lowest BCUT2D eigenvalue weighted by atomic mass is 10.1. The number of allylic oxidation sites excluding steroid dienone is 1. The summed E-state index contributed by atoms with van der Waals surface area (Å²) in [4.78, 5) is 9.86. The Bertz CT molecular complexity index is 237. The molecule has 0 unspecified atom stereocenters. The number of rotatable bonds is 12. The second-order valence-electron chi connectivity index (χ2n) is 5.26. The molecule has 3 N–H and O–H groups in total. The van der Waals surface area contributed by atoms with Gasteiger partial charge in [0.25, 0.3) is 0 Å². The molecule has 0 aromatic rings. The van der Waals surface area contributed by atoms with E-state index in [9.17, 15) is 4.79 Å². The van der Waals surface area contributed by atoms with Gasteiger partial charge in [0, 0.05) is 18.8 Å². The molecule has 0 atom stereocenters. The Morgan fingerprint density at radius 3 is 1.19 bits per heavy atom. The summed E-state index contributed by atoms with van der Waals surface area (Å²) in [5, 5.41) is 25.3. The van der Waals surface area contributed by atoms with Crippen LogP contribution in [0.5, 0.6) is 0 Å². The van der Waals surface area contributed by atoms with Crippen molar-refractivity contribution in [1.82, 2.24) is 0 Å². The number of carbonyl (C=O) groups is 1. The van der Waals surface area contributed by atoms with Crippen LogP contribution in [0.25, 0.3) is 0 Å². The molecule has 21 heavy (non-hydrogen) atoms. The van der Waals surface area contributed by atoms with Gasteiger partial charge in [-0.1, -0.05) is 57.4 Å². The van der Waals surface area contributed by atoms with E-state index in [1.54, 1.807) is 19.9 Å². The molecule has 4 nitrogen and oxygen atoms in total. The van der Waals surface area contributed by atoms with Crippen molar-refractivity contribution in [3.63, 3.8) is 0 Å². The molecule has 0 aromatic carbocycles. The zero-order valence-electron chi connectivity index (χ0n) is 13.8. The van der Waals surface area contributed by atoms with Crippen LogP contribution in [0.1, 0.15) is 78.1 Å². The number of aliphatic hydroxyl groups excluding tert-OH is 2. The first-order valence-electron chi connectivity index (χ1n) is 8.18. The van der Waals surface area contributed by atoms with Crippen LogP contribution in [0.3, 0.4) is 0 Å². The molecule has 0 aliphatic carbocycles. The lowest BCUT2D eigenvalue weighted by molar-refractivity contribution is -0.132. The lowest BCUT2D eigenvalue weighted by Crippen LogP contribution is -1.93. The molecule has 0 saturated carbocycles. The zero-order chi connectivity index (χ0) is 16.3. The molecule has 0 bridgehead atoms. The number of carboxylic acid groups (broad SMARTS) is 1. The van der Waals surface area contributed by atoms with Crippen molar-refractivity contribution < 1.29 is 20.1 Å². The van der Waals surface area contributed by atoms with Crippen LogP contribution < -0.4 is 0 Å². The molecule has 0 aliphatic rings. The van der Waals surface area contributed by atoms with Crippen LogP contribution in [-0.2, 0) is 4.79 Å². The molecule has 0 heterocycles. The van der Waals surface area contributed by atoms with E-state index in [0.717, 1.165) is 12.8 Å². The third-order valence-electron chi connectivity index (χ3n) is 3.34. The van der Waals surface area contributed by atoms with Gasteiger partial charge in [-0.05, 0) is 26.7 Å². The van der Waals surface area contributed by atoms with Gasteiger partial charge in [0.15, 0.2) is 0 Å². The summed E-state index contributed by atoms with van der Waals surface area (Å²) in [5.74, 6) is -0.845. The van der Waals surface area contributed by atoms with Gasteiger partial charge in [-0.2, -0.15) is 0 Å². The number of aliphatic carboxylic acids is 1. The molecular weight excluding hydrogens is 268 g/mol. The van der Waals surface area contributed by atoms with Crippen molar-refractivity contribution in [2.45, 2.75) is 78.1 Å². The smallest absolute Gasteiger partial charge is 0.330 e. The van der Waals surface area contributed by atoms with E-state index in [0.29, 0.717) is 18.8 Å². The Kier molecular flexibility index (Phi) is 20.4. The molecule has 126 valence electrons. The lowest BCUT2D eigenvalue weighted by Gasteiger charge is -2.01. The van der Waals surface area contributed by atoms with Crippen LogP contribution in [0, 0.1) is 0 Å². The Balaban J connectivity index is 0. The van der Waals surface area contributed by atoms with Crippen LogP contribution in [-0.4, -0.2) is 34.5 Å². The topological polar surface area (TPSA) is 77.8 Å². The molecule has 0 fully saturated rings. The molecular formula is C17H34O4. The second kappa shape index (κ2) is 19.1. The monoisotopic (exact) mass is 302 g/mol. The zero-order valence-corrected chi connectivity index (χ0v) is 13.8. The summed E-state index contributed by atoms with van der Waals surface area (Å²) in [5.41, 5.74) is 0.389. The summed E-state index contributed by atoms with van der Waals surface area (Å²) in [6.07, 6.45) is 13.7. The largest absolute Gasteiger partial charge is 0.478 e. The summed E-state index contributed by atoms with van der Waals surface area (Å²) in [6.45, 7) is 3.95. The van der Waals surface area contributed by atoms with E-state index >= 15 is 0 Å². The highest BCUT2D eigenvalue weighted by Crippen LogP contribution is 2.10. The fourth-order valence-corrected chi connectivity index (χ4v) is 1.76. The molecule has 4 heteroatoms. The van der Waals surface area contributed by atoms with Crippen LogP contribution >= 0.6 is 0 Å². The number of hydrogen-bond donors (Lipinski definition) is 3. The minimum absolute atomic E-state index is 0.348. The van der Waals surface area contributed by atoms with Crippen LogP contribution in [0.4, 0.5) is 0 Å². The Morgan fingerprint density at radius 1 is 0.762 bits per heavy atom. The van der Waals surface area contributed by atoms with Crippen molar-refractivity contribution in [3.8, 4) is 0 Å². The fraction of sp³-hybridized carbons (Fsp3) is 0.824. The average molecular weight is 302 g/mol. The van der Waals surface area contributed by atoms with Gasteiger partial charge in [-0.3, -0.25) is 0 Å². The molecule has 0 spiro atoms. The van der Waals surface area contributed by atoms with Gasteiger partial charge in [0.1, 0.15) is 0 Å². The number of hydrogen-bond acceptors (Lipinski definition) is 3. The van der Waals surface area contributed by atoms with E-state index in [2.05, 4.69) is 0 Å². The van der Waals surface area contributed by atoms with E-state index in [1.807, 2.05) is 0 Å². The van der Waals surface area contributed by atoms with Gasteiger partial charge in [-0.15, -0.1) is 0 Å². The van der Waals surface area contributed by atoms with Gasteiger partial charge >= 0.3 is 5.97 Å². The summed E-state index contributed by atoms with van der Waals surface area (Å²) in [6, 6.07) is 0. The Morgan fingerprint density at radius 2 is 1.05 bits per heavy atom. The molecule has 0 saturated heterocycles. The van der Waals surface area contributed by atoms with Gasteiger partial charge in [-0.25, -0.2) is 4.79 Å². The molecule has 0 aliphatic heterocycles. The fourth-order valence-electron chi connectivity index (χ4n) is 1.76. The van der Waals surface area contributed by atoms with Crippen molar-refractivity contribution in [2.24, 2.45) is 0 Å². The first-order valence-corrected chi connectivity index (χ1v) is 8.18. The van der Waals surface area contributed by atoms with Gasteiger partial charge < -0.3 is 15.3 Å². The predicted octanol–water partition coefficient (Wildman–Crippen LogP) is 3.91. The van der Waals surface area contributed by atoms with E-state index < -0.39 is 5.97 Å². The third-order valence-corrected chi connectivity index (χ3v) is 3.34. The van der Waals surface area contributed by atoms with Crippen LogP contribution in [0.15, 0.2) is 11.6 Å². The van der Waals surface area contributed by atoms with Crippen molar-refractivity contribution in [1.29, 1.82) is 0 Å². The number of aliphatic hydroxyl groups is 2. The molecule has 0 amide bonds. The third kappa shape index (κ3) is 21.6. The quantitative estimate of drug-likeness (QED) is 0.377. The van der Waals surface area contributed by atoms with Gasteiger partial charge in [0.2, 0.25) is 0 Å². The highest BCUT2D eigenvalue weighted by atomic mass is 16.4. The van der Waals surface area contributed by atoms with Crippen LogP contribution in [0.2, 0.25) is 0 Å². The van der Waals surface area contributed by atoms with Crippen molar-refractivity contribution in [2.75, 3.05) is 13.2 Å². The van der Waals surface area contributed by atoms with E-state index in [4.69, 9.17) is 15.3 Å². The normalized spacial score (nSPS) is 11.0. The predicted molar refractivity (Wildman–Crippen MR) is 87.4 cm³/mol. The second-order valence-corrected chi connectivity index (χ2v) is 5.26. The SMILES string of the molecule is CC=C(C)C(=O)O.OCCCCCCCCCCCCO. The summed E-state index contributed by atoms with van der Waals surface area (Å²) in [7, 11) is 0. The maximum absolute atomic E-state index is 9.86. The minimum Gasteiger partial charge on any atom is -0.478 e. The summed E-state index contributed by atoms with van der Waals surface area (Å²) < 4.78 is 0. The van der Waals surface area contributed by atoms with E-state index in [1.165, 1.54) is 51.4 Å². The molecule has 0 rings (SSSR count). The standard InChI is InChI=1S/C12H26O2.C5H8O2/c13-11-9-7-5-3-1-2-4-6-8-10-12-14;1-3-4(2)5(6)7/h13-14H,1-12H2;3H,1-2H3,(H,6,7). The number of unbranched alkanes of at least 4 members (excludes halogenated alkanes) is 9. The minimum atomic E-state index is -0.845. The highest BCUT2D eigenvalue weighted by molar-refractivity contribution is 5.85. The van der Waals surface area contributed by atoms with Crippen molar-refractivity contribution in [3.05, 3.63) is 11.6 Å². The first-order chi connectivity index (χ1) is 10.1. The maximum atomic E-state index is 9.86. The summed E-state index contributed by atoms with van der Waals surface area (Å²) >= 11 is 0. The Labute approximate surface area is 129 Å². The number of carboxylic acids is 1. The Hall–Kier alpha value is -0.870. The highest BCUT2D eigenvalue weighted by Gasteiger charge is 1.93. The van der Waals surface area contributed by atoms with Crippen molar-refractivity contribution >= 4 is 5.97 Å². The maximum Gasteiger partial charge on any atom is 0.330 e. The molecule has 0 aromatic heterocycles. The first kappa shape index (κ1) is 22.4. The van der Waals surface area contributed by atoms with Gasteiger partial charge in [0.05, 0.1) is 0 Å². The average Bonchev–Trinajstić information content (AvgIpc) is 2.49.